The normalized spacial score (nSPS) is 25.1. The van der Waals surface area contributed by atoms with E-state index in [4.69, 9.17) is 16.3 Å². The van der Waals surface area contributed by atoms with E-state index in [1.54, 1.807) is 0 Å². The number of alkyl halides is 7. The molecule has 2 aromatic rings. The molecule has 208 valence electrons. The van der Waals surface area contributed by atoms with Gasteiger partial charge in [-0.15, -0.1) is 11.6 Å². The summed E-state index contributed by atoms with van der Waals surface area (Å²) in [6.45, 7) is 2.53. The van der Waals surface area contributed by atoms with E-state index in [-0.39, 0.29) is 30.0 Å². The predicted octanol–water partition coefficient (Wildman–Crippen LogP) is 6.68. The molecule has 2 fully saturated rings. The van der Waals surface area contributed by atoms with Crippen LogP contribution in [-0.2, 0) is 27.4 Å². The molecule has 2 aromatic carbocycles. The average molecular weight is 563 g/mol. The zero-order valence-electron chi connectivity index (χ0n) is 20.8. The Bertz CT molecular complexity index is 1100. The summed E-state index contributed by atoms with van der Waals surface area (Å²) in [4.78, 5) is 14.3. The van der Waals surface area contributed by atoms with Crippen molar-refractivity contribution in [1.82, 2.24) is 10.2 Å². The van der Waals surface area contributed by atoms with Crippen LogP contribution in [0.4, 0.5) is 26.3 Å². The number of nitrogens with zero attached hydrogens (tertiary/aromatic N) is 1. The number of amides is 1. The van der Waals surface area contributed by atoms with Crippen LogP contribution in [0, 0.1) is 0 Å². The molecule has 0 unspecified atom stereocenters. The zero-order chi connectivity index (χ0) is 27.8. The maximum absolute atomic E-state index is 13.4. The molecular formula is C27H29ClF6N2O2. The molecular weight excluding hydrogens is 534 g/mol. The number of halogens is 7. The molecule has 0 saturated carbocycles. The Morgan fingerprint density at radius 3 is 2.18 bits per heavy atom. The number of benzene rings is 2. The molecule has 38 heavy (non-hydrogen) atoms. The molecule has 2 heterocycles. The van der Waals surface area contributed by atoms with Gasteiger partial charge in [-0.25, -0.2) is 0 Å². The molecule has 0 aliphatic carbocycles. The minimum absolute atomic E-state index is 0.00924. The second-order valence-corrected chi connectivity index (χ2v) is 10.4. The highest BCUT2D eigenvalue weighted by molar-refractivity contribution is 6.27. The lowest BCUT2D eigenvalue weighted by Crippen LogP contribution is -2.63. The second-order valence-electron chi connectivity index (χ2n) is 10.1. The van der Waals surface area contributed by atoms with E-state index in [0.717, 1.165) is 18.4 Å². The van der Waals surface area contributed by atoms with Crippen LogP contribution in [0.25, 0.3) is 0 Å². The molecule has 1 spiro atoms. The largest absolute Gasteiger partial charge is 0.416 e. The zero-order valence-corrected chi connectivity index (χ0v) is 21.5. The van der Waals surface area contributed by atoms with Crippen molar-refractivity contribution in [2.75, 3.05) is 25.6 Å². The molecule has 2 aliphatic heterocycles. The Morgan fingerprint density at radius 1 is 1.03 bits per heavy atom. The highest BCUT2D eigenvalue weighted by Gasteiger charge is 2.50. The fourth-order valence-electron chi connectivity index (χ4n) is 5.59. The summed E-state index contributed by atoms with van der Waals surface area (Å²) in [5, 5.41) is 3.55. The Morgan fingerprint density at radius 2 is 1.66 bits per heavy atom. The lowest BCUT2D eigenvalue weighted by molar-refractivity contribution is -0.143. The quantitative estimate of drug-likeness (QED) is 0.315. The molecule has 2 saturated heterocycles. The number of piperidine rings is 1. The fraction of sp³-hybridized carbons (Fsp3) is 0.519. The molecule has 1 N–H and O–H groups in total. The van der Waals surface area contributed by atoms with Crippen LogP contribution >= 0.6 is 11.6 Å². The van der Waals surface area contributed by atoms with Crippen LogP contribution in [0.5, 0.6) is 0 Å². The van der Waals surface area contributed by atoms with Gasteiger partial charge in [-0.05, 0) is 61.9 Å². The van der Waals surface area contributed by atoms with Gasteiger partial charge in [0, 0.05) is 13.1 Å². The van der Waals surface area contributed by atoms with Crippen LogP contribution in [0.1, 0.15) is 61.0 Å². The highest BCUT2D eigenvalue weighted by atomic mass is 35.5. The Balaban J connectivity index is 1.59. The first-order chi connectivity index (χ1) is 17.8. The van der Waals surface area contributed by atoms with Crippen molar-refractivity contribution < 1.29 is 35.9 Å². The Kier molecular flexibility index (Phi) is 8.08. The summed E-state index contributed by atoms with van der Waals surface area (Å²) in [5.41, 5.74) is -3.21. The molecule has 1 amide bonds. The van der Waals surface area contributed by atoms with E-state index in [1.165, 1.54) is 6.92 Å². The molecule has 3 atom stereocenters. The minimum Gasteiger partial charge on any atom is -0.372 e. The van der Waals surface area contributed by atoms with Crippen molar-refractivity contribution in [3.05, 3.63) is 70.8 Å². The smallest absolute Gasteiger partial charge is 0.372 e. The molecule has 4 rings (SSSR count). The highest BCUT2D eigenvalue weighted by Crippen LogP contribution is 2.43. The maximum atomic E-state index is 13.4. The number of hydrogen-bond acceptors (Lipinski definition) is 3. The van der Waals surface area contributed by atoms with Gasteiger partial charge in [-0.3, -0.25) is 4.79 Å². The third-order valence-electron chi connectivity index (χ3n) is 7.77. The summed E-state index contributed by atoms with van der Waals surface area (Å²) in [5.74, 6) is -0.239. The van der Waals surface area contributed by atoms with Gasteiger partial charge in [0.15, 0.2) is 0 Å². The van der Waals surface area contributed by atoms with E-state index in [2.05, 4.69) is 5.32 Å². The minimum atomic E-state index is -4.94. The molecule has 0 bridgehead atoms. The van der Waals surface area contributed by atoms with Gasteiger partial charge in [0.25, 0.3) is 0 Å². The first kappa shape index (κ1) is 28.7. The Labute approximate surface area is 222 Å². The van der Waals surface area contributed by atoms with E-state index in [0.29, 0.717) is 38.1 Å². The molecule has 0 aromatic heterocycles. The molecule has 4 nitrogen and oxygen atoms in total. The standard InChI is InChI=1S/C27H29ClF6N2O2/c1-18(19-12-21(26(29,30)31)14-22(13-19)27(32,33)34)38-17-25(20-6-3-2-4-7-20)10-9-24(16-35-25)8-5-11-36(24)23(37)15-28/h2-4,6-7,12-14,18,35H,5,8-11,15-17H2,1H3/t18-,24+,25-/m1/s1. The number of carbonyl (C=O) groups excluding carboxylic acids is 1. The van der Waals surface area contributed by atoms with E-state index in [9.17, 15) is 31.1 Å². The third kappa shape index (κ3) is 5.82. The lowest BCUT2D eigenvalue weighted by Gasteiger charge is -2.49. The van der Waals surface area contributed by atoms with Gasteiger partial charge in [-0.1, -0.05) is 30.3 Å². The van der Waals surface area contributed by atoms with Crippen LogP contribution in [0.3, 0.4) is 0 Å². The lowest BCUT2D eigenvalue weighted by atomic mass is 9.75. The first-order valence-electron chi connectivity index (χ1n) is 12.4. The number of rotatable bonds is 6. The van der Waals surface area contributed by atoms with Crippen molar-refractivity contribution >= 4 is 17.5 Å². The monoisotopic (exact) mass is 562 g/mol. The molecule has 0 radical (unpaired) electrons. The summed E-state index contributed by atoms with van der Waals surface area (Å²) < 4.78 is 86.2. The van der Waals surface area contributed by atoms with Gasteiger partial charge >= 0.3 is 12.4 Å². The van der Waals surface area contributed by atoms with E-state index < -0.39 is 40.7 Å². The van der Waals surface area contributed by atoms with Gasteiger partial charge in [0.05, 0.1) is 34.9 Å². The number of ether oxygens (including phenoxy) is 1. The van der Waals surface area contributed by atoms with E-state index in [1.807, 2.05) is 35.2 Å². The van der Waals surface area contributed by atoms with Crippen LogP contribution in [0.15, 0.2) is 48.5 Å². The summed E-state index contributed by atoms with van der Waals surface area (Å²) in [6, 6.07) is 10.9. The van der Waals surface area contributed by atoms with Crippen LogP contribution in [0.2, 0.25) is 0 Å². The average Bonchev–Trinajstić information content (AvgIpc) is 3.30. The summed E-state index contributed by atoms with van der Waals surface area (Å²) in [7, 11) is 0. The van der Waals surface area contributed by atoms with Gasteiger partial charge in [0.2, 0.25) is 5.91 Å². The summed E-state index contributed by atoms with van der Waals surface area (Å²) in [6.07, 6.45) is -8.05. The number of nitrogens with one attached hydrogen (secondary N) is 1. The molecule has 11 heteroatoms. The molecule has 2 aliphatic rings. The van der Waals surface area contributed by atoms with Crippen LogP contribution in [-0.4, -0.2) is 41.9 Å². The second kappa shape index (κ2) is 10.7. The summed E-state index contributed by atoms with van der Waals surface area (Å²) >= 11 is 5.84. The SMILES string of the molecule is C[C@@H](OC[C@@]1(c2ccccc2)CC[C@@]2(CCCN2C(=O)CCl)CN1)c1cc(C(F)(F)F)cc(C(F)(F)F)c1. The van der Waals surface area contributed by atoms with Crippen molar-refractivity contribution in [3.8, 4) is 0 Å². The first-order valence-corrected chi connectivity index (χ1v) is 12.9. The van der Waals surface area contributed by atoms with Crippen molar-refractivity contribution in [1.29, 1.82) is 0 Å². The van der Waals surface area contributed by atoms with Crippen LogP contribution < -0.4 is 5.32 Å². The number of carbonyl (C=O) groups is 1. The number of hydrogen-bond donors (Lipinski definition) is 1. The fourth-order valence-corrected chi connectivity index (χ4v) is 5.73. The third-order valence-corrected chi connectivity index (χ3v) is 8.00. The van der Waals surface area contributed by atoms with Crippen molar-refractivity contribution in [3.63, 3.8) is 0 Å². The van der Waals surface area contributed by atoms with E-state index >= 15 is 0 Å². The predicted molar refractivity (Wildman–Crippen MR) is 131 cm³/mol. The van der Waals surface area contributed by atoms with Crippen molar-refractivity contribution in [2.45, 2.75) is 62.1 Å². The van der Waals surface area contributed by atoms with Gasteiger partial charge < -0.3 is 15.0 Å². The maximum Gasteiger partial charge on any atom is 0.416 e. The van der Waals surface area contributed by atoms with Gasteiger partial charge in [0.1, 0.15) is 5.88 Å². The number of likely N-dealkylation sites (tertiary alicyclic amines) is 1. The van der Waals surface area contributed by atoms with Crippen molar-refractivity contribution in [2.24, 2.45) is 0 Å². The Hall–Kier alpha value is -2.30. The topological polar surface area (TPSA) is 41.6 Å². The van der Waals surface area contributed by atoms with Gasteiger partial charge in [-0.2, -0.15) is 26.3 Å².